The lowest BCUT2D eigenvalue weighted by Crippen LogP contribution is -2.15. The summed E-state index contributed by atoms with van der Waals surface area (Å²) in [5.41, 5.74) is 8.37. The molecule has 2 aromatic rings. The topological polar surface area (TPSA) is 67.6 Å². The third-order valence-corrected chi connectivity index (χ3v) is 3.81. The highest BCUT2D eigenvalue weighted by Gasteiger charge is 2.06. The molecule has 0 fully saturated rings. The van der Waals surface area contributed by atoms with Crippen molar-refractivity contribution in [3.63, 3.8) is 0 Å². The first kappa shape index (κ1) is 18.8. The molecule has 3 N–H and O–H groups in total. The Morgan fingerprint density at radius 1 is 1.16 bits per heavy atom. The molecule has 2 aromatic carbocycles. The average Bonchev–Trinajstić information content (AvgIpc) is 2.58. The minimum absolute atomic E-state index is 0.0342. The van der Waals surface area contributed by atoms with E-state index in [-0.39, 0.29) is 5.91 Å². The van der Waals surface area contributed by atoms with E-state index in [2.05, 4.69) is 10.2 Å². The Morgan fingerprint density at radius 2 is 1.96 bits per heavy atom. The Morgan fingerprint density at radius 3 is 2.72 bits per heavy atom. The molecular formula is C20H27N3O2. The summed E-state index contributed by atoms with van der Waals surface area (Å²) in [5.74, 6) is 0.733. The second-order valence-electron chi connectivity index (χ2n) is 6.28. The van der Waals surface area contributed by atoms with Crippen molar-refractivity contribution in [2.45, 2.75) is 19.3 Å². The molecule has 0 aliphatic heterocycles. The van der Waals surface area contributed by atoms with Crippen molar-refractivity contribution >= 4 is 17.3 Å². The molecule has 5 heteroatoms. The minimum Gasteiger partial charge on any atom is -0.493 e. The van der Waals surface area contributed by atoms with Crippen LogP contribution >= 0.6 is 0 Å². The van der Waals surface area contributed by atoms with Gasteiger partial charge in [-0.1, -0.05) is 24.3 Å². The molecule has 0 heterocycles. The van der Waals surface area contributed by atoms with Crippen molar-refractivity contribution in [2.24, 2.45) is 0 Å². The van der Waals surface area contributed by atoms with Gasteiger partial charge in [-0.15, -0.1) is 0 Å². The predicted octanol–water partition coefficient (Wildman–Crippen LogP) is 3.17. The molecule has 0 saturated carbocycles. The van der Waals surface area contributed by atoms with E-state index >= 15 is 0 Å². The van der Waals surface area contributed by atoms with Crippen molar-refractivity contribution < 1.29 is 9.53 Å². The number of aryl methyl sites for hydroxylation is 1. The number of nitrogen functional groups attached to an aromatic ring is 1. The van der Waals surface area contributed by atoms with Crippen molar-refractivity contribution in [3.8, 4) is 5.75 Å². The number of hydrogen-bond acceptors (Lipinski definition) is 4. The molecule has 0 aliphatic carbocycles. The molecule has 134 valence electrons. The molecule has 0 aliphatic rings. The minimum atomic E-state index is -0.0342. The first-order chi connectivity index (χ1) is 12.0. The van der Waals surface area contributed by atoms with Crippen LogP contribution in [-0.2, 0) is 11.2 Å². The summed E-state index contributed by atoms with van der Waals surface area (Å²) in [5, 5.41) is 2.91. The molecule has 0 bridgehead atoms. The predicted molar refractivity (Wildman–Crippen MR) is 103 cm³/mol. The Kier molecular flexibility index (Phi) is 7.29. The number of amides is 1. The summed E-state index contributed by atoms with van der Waals surface area (Å²) in [6, 6.07) is 15.1. The van der Waals surface area contributed by atoms with E-state index in [9.17, 15) is 4.79 Å². The van der Waals surface area contributed by atoms with Gasteiger partial charge in [0.05, 0.1) is 6.61 Å². The molecule has 0 aromatic heterocycles. The molecule has 1 amide bonds. The van der Waals surface area contributed by atoms with Gasteiger partial charge in [-0.3, -0.25) is 4.79 Å². The molecular weight excluding hydrogens is 314 g/mol. The van der Waals surface area contributed by atoms with Gasteiger partial charge in [-0.2, -0.15) is 0 Å². The normalized spacial score (nSPS) is 10.7. The molecule has 25 heavy (non-hydrogen) atoms. The SMILES string of the molecule is CN(C)CCCOc1cccc(NC(=O)CCc2ccccc2N)c1. The molecule has 0 unspecified atom stereocenters. The Hall–Kier alpha value is -2.53. The van der Waals surface area contributed by atoms with E-state index in [0.717, 1.165) is 35.7 Å². The maximum absolute atomic E-state index is 12.1. The van der Waals surface area contributed by atoms with Gasteiger partial charge in [0, 0.05) is 30.4 Å². The fraction of sp³-hybridized carbons (Fsp3) is 0.350. The fourth-order valence-electron chi connectivity index (χ4n) is 2.47. The third-order valence-electron chi connectivity index (χ3n) is 3.81. The summed E-state index contributed by atoms with van der Waals surface area (Å²) in [4.78, 5) is 14.3. The highest BCUT2D eigenvalue weighted by molar-refractivity contribution is 5.91. The molecule has 0 spiro atoms. The van der Waals surface area contributed by atoms with Gasteiger partial charge in [0.1, 0.15) is 5.75 Å². The zero-order valence-corrected chi connectivity index (χ0v) is 15.0. The number of anilines is 2. The Balaban J connectivity index is 1.80. The smallest absolute Gasteiger partial charge is 0.224 e. The summed E-state index contributed by atoms with van der Waals surface area (Å²) in [7, 11) is 4.08. The van der Waals surface area contributed by atoms with Gasteiger partial charge in [-0.25, -0.2) is 0 Å². The largest absolute Gasteiger partial charge is 0.493 e. The molecule has 5 nitrogen and oxygen atoms in total. The zero-order valence-electron chi connectivity index (χ0n) is 15.0. The van der Waals surface area contributed by atoms with Crippen molar-refractivity contribution in [3.05, 3.63) is 54.1 Å². The van der Waals surface area contributed by atoms with Crippen LogP contribution < -0.4 is 15.8 Å². The fourth-order valence-corrected chi connectivity index (χ4v) is 2.47. The lowest BCUT2D eigenvalue weighted by Gasteiger charge is -2.11. The van der Waals surface area contributed by atoms with Crippen LogP contribution in [0.1, 0.15) is 18.4 Å². The maximum atomic E-state index is 12.1. The highest BCUT2D eigenvalue weighted by atomic mass is 16.5. The zero-order chi connectivity index (χ0) is 18.1. The number of ether oxygens (including phenoxy) is 1. The second-order valence-corrected chi connectivity index (χ2v) is 6.28. The number of nitrogens with zero attached hydrogens (tertiary/aromatic N) is 1. The van der Waals surface area contributed by atoms with Crippen LogP contribution in [-0.4, -0.2) is 38.1 Å². The number of carbonyl (C=O) groups excluding carboxylic acids is 1. The van der Waals surface area contributed by atoms with Gasteiger partial charge in [0.15, 0.2) is 0 Å². The van der Waals surface area contributed by atoms with E-state index in [1.807, 2.05) is 62.6 Å². The number of para-hydroxylation sites is 1. The van der Waals surface area contributed by atoms with E-state index < -0.39 is 0 Å². The number of carbonyl (C=O) groups is 1. The number of nitrogens with two attached hydrogens (primary N) is 1. The average molecular weight is 341 g/mol. The second kappa shape index (κ2) is 9.69. The van der Waals surface area contributed by atoms with E-state index in [0.29, 0.717) is 19.4 Å². The van der Waals surface area contributed by atoms with Crippen molar-refractivity contribution in [1.29, 1.82) is 0 Å². The standard InChI is InChI=1S/C20H27N3O2/c1-23(2)13-6-14-25-18-9-5-8-17(15-18)22-20(24)12-11-16-7-3-4-10-19(16)21/h3-5,7-10,15H,6,11-14,21H2,1-2H3,(H,22,24). The maximum Gasteiger partial charge on any atom is 0.224 e. The van der Waals surface area contributed by atoms with Gasteiger partial charge < -0.3 is 20.7 Å². The number of rotatable bonds is 9. The van der Waals surface area contributed by atoms with Crippen LogP contribution in [0.5, 0.6) is 5.75 Å². The van der Waals surface area contributed by atoms with Crippen LogP contribution in [0.25, 0.3) is 0 Å². The number of hydrogen-bond donors (Lipinski definition) is 2. The summed E-state index contributed by atoms with van der Waals surface area (Å²) in [6.45, 7) is 1.64. The Bertz CT molecular complexity index is 686. The lowest BCUT2D eigenvalue weighted by molar-refractivity contribution is -0.116. The first-order valence-corrected chi connectivity index (χ1v) is 8.55. The lowest BCUT2D eigenvalue weighted by atomic mass is 10.1. The molecule has 0 saturated heterocycles. The molecule has 2 rings (SSSR count). The van der Waals surface area contributed by atoms with E-state index in [1.54, 1.807) is 0 Å². The monoisotopic (exact) mass is 341 g/mol. The van der Waals surface area contributed by atoms with E-state index in [1.165, 1.54) is 0 Å². The van der Waals surface area contributed by atoms with Gasteiger partial charge >= 0.3 is 0 Å². The van der Waals surface area contributed by atoms with E-state index in [4.69, 9.17) is 10.5 Å². The number of nitrogens with one attached hydrogen (secondary N) is 1. The summed E-state index contributed by atoms with van der Waals surface area (Å²) < 4.78 is 5.73. The van der Waals surface area contributed by atoms with Gasteiger partial charge in [-0.05, 0) is 50.7 Å². The summed E-state index contributed by atoms with van der Waals surface area (Å²) >= 11 is 0. The van der Waals surface area contributed by atoms with Crippen molar-refractivity contribution in [2.75, 3.05) is 38.3 Å². The third kappa shape index (κ3) is 6.85. The number of benzene rings is 2. The van der Waals surface area contributed by atoms with Gasteiger partial charge in [0.25, 0.3) is 0 Å². The molecule has 0 radical (unpaired) electrons. The van der Waals surface area contributed by atoms with Crippen molar-refractivity contribution in [1.82, 2.24) is 4.90 Å². The molecule has 0 atom stereocenters. The summed E-state index contributed by atoms with van der Waals surface area (Å²) in [6.07, 6.45) is 1.98. The quantitative estimate of drug-likeness (QED) is 0.543. The Labute approximate surface area is 149 Å². The van der Waals surface area contributed by atoms with Crippen LogP contribution in [0.3, 0.4) is 0 Å². The van der Waals surface area contributed by atoms with Crippen LogP contribution in [0.15, 0.2) is 48.5 Å². The first-order valence-electron chi connectivity index (χ1n) is 8.55. The highest BCUT2D eigenvalue weighted by Crippen LogP contribution is 2.18. The van der Waals surface area contributed by atoms with Gasteiger partial charge in [0.2, 0.25) is 5.91 Å². The van der Waals surface area contributed by atoms with Crippen LogP contribution in [0, 0.1) is 0 Å². The van der Waals surface area contributed by atoms with Crippen LogP contribution in [0.4, 0.5) is 11.4 Å². The van der Waals surface area contributed by atoms with Crippen LogP contribution in [0.2, 0.25) is 0 Å².